The van der Waals surface area contributed by atoms with Crippen LogP contribution in [0.3, 0.4) is 0 Å². The number of hydrogen-bond acceptors (Lipinski definition) is 5. The van der Waals surface area contributed by atoms with E-state index in [0.29, 0.717) is 18.1 Å². The summed E-state index contributed by atoms with van der Waals surface area (Å²) in [5.41, 5.74) is 5.75. The lowest BCUT2D eigenvalue weighted by Gasteiger charge is -2.01. The molecule has 0 aliphatic rings. The lowest BCUT2D eigenvalue weighted by atomic mass is 10.2. The van der Waals surface area contributed by atoms with Crippen LogP contribution < -0.4 is 10.5 Å². The highest BCUT2D eigenvalue weighted by molar-refractivity contribution is 5.20. The molecule has 0 radical (unpaired) electrons. The normalized spacial score (nSPS) is 11.8. The zero-order valence-corrected chi connectivity index (χ0v) is 9.74. The minimum Gasteiger partial charge on any atom is -0.485 e. The van der Waals surface area contributed by atoms with Crippen molar-refractivity contribution >= 4 is 0 Å². The van der Waals surface area contributed by atoms with Crippen LogP contribution in [0.2, 0.25) is 0 Å². The van der Waals surface area contributed by atoms with Gasteiger partial charge in [-0.2, -0.15) is 4.98 Å². The van der Waals surface area contributed by atoms with Gasteiger partial charge in [-0.05, 0) is 12.1 Å². The van der Waals surface area contributed by atoms with Crippen molar-refractivity contribution < 1.29 is 9.26 Å². The number of terminal acetylenes is 1. The van der Waals surface area contributed by atoms with Crippen molar-refractivity contribution in [2.75, 3.05) is 0 Å². The summed E-state index contributed by atoms with van der Waals surface area (Å²) in [7, 11) is 0. The fraction of sp³-hybridized carbons (Fsp3) is 0.231. The third kappa shape index (κ3) is 3.09. The van der Waals surface area contributed by atoms with Crippen molar-refractivity contribution in [2.45, 2.75) is 19.1 Å². The molecule has 0 amide bonds. The first kappa shape index (κ1) is 12.1. The summed E-state index contributed by atoms with van der Waals surface area (Å²) >= 11 is 0. The number of ether oxygens (including phenoxy) is 1. The van der Waals surface area contributed by atoms with E-state index in [-0.39, 0.29) is 6.61 Å². The number of hydrogen-bond donors (Lipinski definition) is 1. The minimum atomic E-state index is -0.423. The smallest absolute Gasteiger partial charge is 0.244 e. The molecule has 1 unspecified atom stereocenters. The molecule has 0 spiro atoms. The highest BCUT2D eigenvalue weighted by Crippen LogP contribution is 2.13. The monoisotopic (exact) mass is 243 g/mol. The topological polar surface area (TPSA) is 74.2 Å². The summed E-state index contributed by atoms with van der Waals surface area (Å²) < 4.78 is 10.5. The maximum absolute atomic E-state index is 5.75. The number of benzene rings is 1. The molecule has 0 fully saturated rings. The van der Waals surface area contributed by atoms with Crippen molar-refractivity contribution in [3.8, 4) is 18.1 Å². The number of aromatic nitrogens is 2. The van der Waals surface area contributed by atoms with Gasteiger partial charge in [-0.25, -0.2) is 0 Å². The van der Waals surface area contributed by atoms with Crippen molar-refractivity contribution in [1.82, 2.24) is 10.1 Å². The molecule has 0 aliphatic heterocycles. The molecule has 2 aromatic rings. The quantitative estimate of drug-likeness (QED) is 0.808. The molecule has 18 heavy (non-hydrogen) atoms. The van der Waals surface area contributed by atoms with E-state index >= 15 is 0 Å². The lowest BCUT2D eigenvalue weighted by molar-refractivity contribution is 0.284. The highest BCUT2D eigenvalue weighted by atomic mass is 16.5. The Bertz CT molecular complexity index is 531. The van der Waals surface area contributed by atoms with Gasteiger partial charge in [-0.15, -0.1) is 12.3 Å². The predicted octanol–water partition coefficient (Wildman–Crippen LogP) is 1.67. The Morgan fingerprint density at radius 1 is 1.39 bits per heavy atom. The number of rotatable bonds is 5. The van der Waals surface area contributed by atoms with Crippen LogP contribution in [0.25, 0.3) is 0 Å². The van der Waals surface area contributed by atoms with Gasteiger partial charge in [0.25, 0.3) is 0 Å². The van der Waals surface area contributed by atoms with Crippen LogP contribution in [0.1, 0.15) is 24.2 Å². The van der Waals surface area contributed by atoms with E-state index in [1.807, 2.05) is 30.3 Å². The van der Waals surface area contributed by atoms with E-state index in [9.17, 15) is 0 Å². The van der Waals surface area contributed by atoms with Gasteiger partial charge in [0, 0.05) is 6.42 Å². The molecular formula is C13H13N3O2. The van der Waals surface area contributed by atoms with Crippen LogP contribution in [0.15, 0.2) is 34.9 Å². The summed E-state index contributed by atoms with van der Waals surface area (Å²) in [6, 6.07) is 8.97. The van der Waals surface area contributed by atoms with Crippen LogP contribution in [0.4, 0.5) is 0 Å². The first-order chi connectivity index (χ1) is 8.79. The molecule has 2 N–H and O–H groups in total. The third-order valence-corrected chi connectivity index (χ3v) is 2.25. The predicted molar refractivity (Wildman–Crippen MR) is 65.5 cm³/mol. The Balaban J connectivity index is 1.93. The first-order valence-corrected chi connectivity index (χ1v) is 5.49. The fourth-order valence-electron chi connectivity index (χ4n) is 1.36. The molecule has 92 valence electrons. The maximum atomic E-state index is 5.75. The second-order valence-corrected chi connectivity index (χ2v) is 3.67. The standard InChI is InChI=1S/C13H13N3O2/c1-2-6-11(14)13-15-12(16-18-13)9-17-10-7-4-3-5-8-10/h1,3-5,7-8,11H,6,9,14H2. The molecule has 0 saturated carbocycles. The van der Waals surface area contributed by atoms with Gasteiger partial charge in [0.2, 0.25) is 11.7 Å². The molecule has 1 aromatic carbocycles. The van der Waals surface area contributed by atoms with E-state index in [1.165, 1.54) is 0 Å². The van der Waals surface area contributed by atoms with Crippen molar-refractivity contribution in [3.63, 3.8) is 0 Å². The summed E-state index contributed by atoms with van der Waals surface area (Å²) in [5, 5.41) is 3.77. The summed E-state index contributed by atoms with van der Waals surface area (Å²) in [5.74, 6) is 3.97. The molecule has 1 heterocycles. The fourth-order valence-corrected chi connectivity index (χ4v) is 1.36. The summed E-state index contributed by atoms with van der Waals surface area (Å²) in [6.45, 7) is 0.232. The average Bonchev–Trinajstić information content (AvgIpc) is 2.87. The van der Waals surface area contributed by atoms with E-state index < -0.39 is 6.04 Å². The van der Waals surface area contributed by atoms with Gasteiger partial charge in [-0.1, -0.05) is 23.4 Å². The molecule has 0 aliphatic carbocycles. The van der Waals surface area contributed by atoms with Crippen LogP contribution in [0.5, 0.6) is 5.75 Å². The molecule has 5 heteroatoms. The van der Waals surface area contributed by atoms with Crippen LogP contribution in [-0.2, 0) is 6.61 Å². The lowest BCUT2D eigenvalue weighted by Crippen LogP contribution is -2.09. The zero-order valence-electron chi connectivity index (χ0n) is 9.74. The Labute approximate surface area is 105 Å². The Morgan fingerprint density at radius 3 is 2.89 bits per heavy atom. The van der Waals surface area contributed by atoms with Crippen molar-refractivity contribution in [3.05, 3.63) is 42.0 Å². The molecule has 0 saturated heterocycles. The first-order valence-electron chi connectivity index (χ1n) is 5.49. The van der Waals surface area contributed by atoms with Crippen LogP contribution >= 0.6 is 0 Å². The number of nitrogens with two attached hydrogens (primary N) is 1. The second-order valence-electron chi connectivity index (χ2n) is 3.67. The molecule has 5 nitrogen and oxygen atoms in total. The van der Waals surface area contributed by atoms with E-state index in [2.05, 4.69) is 16.1 Å². The molecular weight excluding hydrogens is 230 g/mol. The number of para-hydroxylation sites is 1. The molecule has 0 bridgehead atoms. The molecule has 1 aromatic heterocycles. The highest BCUT2D eigenvalue weighted by Gasteiger charge is 2.13. The zero-order chi connectivity index (χ0) is 12.8. The Kier molecular flexibility index (Phi) is 3.94. The van der Waals surface area contributed by atoms with E-state index in [0.717, 1.165) is 5.75 Å². The number of nitrogens with zero attached hydrogens (tertiary/aromatic N) is 2. The Morgan fingerprint density at radius 2 is 2.17 bits per heavy atom. The summed E-state index contributed by atoms with van der Waals surface area (Å²) in [4.78, 5) is 4.12. The van der Waals surface area contributed by atoms with Gasteiger partial charge < -0.3 is 15.0 Å². The van der Waals surface area contributed by atoms with Gasteiger partial charge >= 0.3 is 0 Å². The minimum absolute atomic E-state index is 0.232. The SMILES string of the molecule is C#CCC(N)c1nc(COc2ccccc2)no1. The molecule has 1 atom stereocenters. The van der Waals surface area contributed by atoms with Gasteiger partial charge in [0.05, 0.1) is 6.04 Å². The van der Waals surface area contributed by atoms with Crippen molar-refractivity contribution in [2.24, 2.45) is 5.73 Å². The van der Waals surface area contributed by atoms with Gasteiger partial charge in [0.15, 0.2) is 6.61 Å². The van der Waals surface area contributed by atoms with Crippen LogP contribution in [-0.4, -0.2) is 10.1 Å². The van der Waals surface area contributed by atoms with E-state index in [1.54, 1.807) is 0 Å². The van der Waals surface area contributed by atoms with E-state index in [4.69, 9.17) is 21.4 Å². The van der Waals surface area contributed by atoms with Crippen LogP contribution in [0, 0.1) is 12.3 Å². The van der Waals surface area contributed by atoms with Gasteiger partial charge in [0.1, 0.15) is 5.75 Å². The molecule has 2 rings (SSSR count). The van der Waals surface area contributed by atoms with Crippen molar-refractivity contribution in [1.29, 1.82) is 0 Å². The summed E-state index contributed by atoms with van der Waals surface area (Å²) in [6.07, 6.45) is 5.53. The third-order valence-electron chi connectivity index (χ3n) is 2.25. The second kappa shape index (κ2) is 5.84. The average molecular weight is 243 g/mol. The largest absolute Gasteiger partial charge is 0.485 e. The maximum Gasteiger partial charge on any atom is 0.244 e. The Hall–Kier alpha value is -2.32. The van der Waals surface area contributed by atoms with Gasteiger partial charge in [-0.3, -0.25) is 0 Å².